The molecule has 0 spiro atoms. The molecule has 1 unspecified atom stereocenters. The van der Waals surface area contributed by atoms with Crippen LogP contribution in [0.25, 0.3) is 0 Å². The van der Waals surface area contributed by atoms with E-state index in [0.29, 0.717) is 6.42 Å². The standard InChI is InChI=1S/C7H13N3O2S/c1-13(11,12)5-6(8)4-7-9-2-3-10-7/h2-3,6H,4-5,8H2,1H3,(H,9,10). The molecule has 1 heterocycles. The van der Waals surface area contributed by atoms with Gasteiger partial charge in [0.1, 0.15) is 15.7 Å². The Morgan fingerprint density at radius 1 is 1.69 bits per heavy atom. The third kappa shape index (κ3) is 4.05. The van der Waals surface area contributed by atoms with Gasteiger partial charge in [0.05, 0.1) is 5.75 Å². The number of nitrogens with two attached hydrogens (primary N) is 1. The van der Waals surface area contributed by atoms with Crippen LogP contribution >= 0.6 is 0 Å². The van der Waals surface area contributed by atoms with Crippen molar-refractivity contribution in [2.24, 2.45) is 5.73 Å². The molecule has 0 aliphatic heterocycles. The molecule has 13 heavy (non-hydrogen) atoms. The van der Waals surface area contributed by atoms with Crippen LogP contribution in [0.5, 0.6) is 0 Å². The number of nitrogens with one attached hydrogen (secondary N) is 1. The van der Waals surface area contributed by atoms with Gasteiger partial charge in [-0.1, -0.05) is 0 Å². The van der Waals surface area contributed by atoms with Crippen LogP contribution in [0.4, 0.5) is 0 Å². The first-order valence-electron chi connectivity index (χ1n) is 3.89. The van der Waals surface area contributed by atoms with Gasteiger partial charge < -0.3 is 10.7 Å². The van der Waals surface area contributed by atoms with Crippen LogP contribution in [0.1, 0.15) is 5.82 Å². The molecule has 6 heteroatoms. The predicted octanol–water partition coefficient (Wildman–Crippen LogP) is -0.676. The number of imidazole rings is 1. The summed E-state index contributed by atoms with van der Waals surface area (Å²) >= 11 is 0. The topological polar surface area (TPSA) is 88.8 Å². The Morgan fingerprint density at radius 2 is 2.38 bits per heavy atom. The van der Waals surface area contributed by atoms with E-state index in [2.05, 4.69) is 9.97 Å². The van der Waals surface area contributed by atoms with E-state index < -0.39 is 9.84 Å². The van der Waals surface area contributed by atoms with Gasteiger partial charge in [0.2, 0.25) is 0 Å². The molecule has 5 nitrogen and oxygen atoms in total. The Labute approximate surface area is 77.3 Å². The van der Waals surface area contributed by atoms with Crippen LogP contribution < -0.4 is 5.73 Å². The molecule has 0 radical (unpaired) electrons. The minimum atomic E-state index is -2.99. The van der Waals surface area contributed by atoms with E-state index in [1.54, 1.807) is 12.4 Å². The van der Waals surface area contributed by atoms with E-state index in [9.17, 15) is 8.42 Å². The summed E-state index contributed by atoms with van der Waals surface area (Å²) in [5.41, 5.74) is 5.61. The highest BCUT2D eigenvalue weighted by atomic mass is 32.2. The van der Waals surface area contributed by atoms with Crippen LogP contribution in [0, 0.1) is 0 Å². The normalized spacial score (nSPS) is 14.3. The monoisotopic (exact) mass is 203 g/mol. The van der Waals surface area contributed by atoms with Crippen molar-refractivity contribution in [1.82, 2.24) is 9.97 Å². The number of aromatic amines is 1. The summed E-state index contributed by atoms with van der Waals surface area (Å²) in [5.74, 6) is 0.712. The highest BCUT2D eigenvalue weighted by Gasteiger charge is 2.12. The maximum absolute atomic E-state index is 10.9. The molecule has 0 saturated carbocycles. The maximum Gasteiger partial charge on any atom is 0.148 e. The van der Waals surface area contributed by atoms with Crippen LogP contribution in [0.15, 0.2) is 12.4 Å². The molecule has 0 bridgehead atoms. The summed E-state index contributed by atoms with van der Waals surface area (Å²) in [6.45, 7) is 0. The fourth-order valence-corrected chi connectivity index (χ4v) is 2.00. The number of H-pyrrole nitrogens is 1. The molecule has 0 aliphatic rings. The van der Waals surface area contributed by atoms with Gasteiger partial charge >= 0.3 is 0 Å². The smallest absolute Gasteiger partial charge is 0.148 e. The average molecular weight is 203 g/mol. The van der Waals surface area contributed by atoms with Crippen molar-refractivity contribution in [2.75, 3.05) is 12.0 Å². The Balaban J connectivity index is 2.47. The summed E-state index contributed by atoms with van der Waals surface area (Å²) in [4.78, 5) is 6.82. The highest BCUT2D eigenvalue weighted by Crippen LogP contribution is 1.96. The van der Waals surface area contributed by atoms with Crippen LogP contribution in [-0.4, -0.2) is 36.4 Å². The minimum absolute atomic E-state index is 0.00625. The fourth-order valence-electron chi connectivity index (χ4n) is 1.11. The predicted molar refractivity (Wildman–Crippen MR) is 50.0 cm³/mol. The SMILES string of the molecule is CS(=O)(=O)CC(N)Cc1ncc[nH]1. The van der Waals surface area contributed by atoms with E-state index in [4.69, 9.17) is 5.73 Å². The third-order valence-electron chi connectivity index (χ3n) is 1.53. The van der Waals surface area contributed by atoms with Gasteiger partial charge in [-0.3, -0.25) is 0 Å². The highest BCUT2D eigenvalue weighted by molar-refractivity contribution is 7.90. The third-order valence-corrected chi connectivity index (χ3v) is 2.56. The number of sulfone groups is 1. The Morgan fingerprint density at radius 3 is 2.85 bits per heavy atom. The second-order valence-electron chi connectivity index (χ2n) is 3.09. The number of hydrogen-bond acceptors (Lipinski definition) is 4. The first kappa shape index (κ1) is 10.2. The lowest BCUT2D eigenvalue weighted by Crippen LogP contribution is -2.31. The fraction of sp³-hybridized carbons (Fsp3) is 0.571. The van der Waals surface area contributed by atoms with E-state index >= 15 is 0 Å². The summed E-state index contributed by atoms with van der Waals surface area (Å²) in [6.07, 6.45) is 4.93. The molecule has 0 aliphatic carbocycles. The second kappa shape index (κ2) is 3.89. The quantitative estimate of drug-likeness (QED) is 0.679. The van der Waals surface area contributed by atoms with Crippen molar-refractivity contribution in [3.63, 3.8) is 0 Å². The molecule has 0 fully saturated rings. The molecule has 0 aromatic carbocycles. The zero-order valence-corrected chi connectivity index (χ0v) is 8.21. The van der Waals surface area contributed by atoms with E-state index in [1.165, 1.54) is 6.26 Å². The first-order chi connectivity index (χ1) is 5.97. The van der Waals surface area contributed by atoms with Gasteiger partial charge in [0, 0.05) is 31.1 Å². The average Bonchev–Trinajstić information content (AvgIpc) is 2.34. The lowest BCUT2D eigenvalue weighted by Gasteiger charge is -2.07. The van der Waals surface area contributed by atoms with Crippen LogP contribution in [0.2, 0.25) is 0 Å². The largest absolute Gasteiger partial charge is 0.349 e. The van der Waals surface area contributed by atoms with E-state index in [1.807, 2.05) is 0 Å². The summed E-state index contributed by atoms with van der Waals surface area (Å²) in [5, 5.41) is 0. The molecule has 1 aromatic heterocycles. The molecule has 0 amide bonds. The Hall–Kier alpha value is -0.880. The van der Waals surface area contributed by atoms with Crippen molar-refractivity contribution >= 4 is 9.84 Å². The summed E-state index contributed by atoms with van der Waals surface area (Å²) in [7, 11) is -2.99. The second-order valence-corrected chi connectivity index (χ2v) is 5.28. The van der Waals surface area contributed by atoms with Gasteiger partial charge in [-0.2, -0.15) is 0 Å². The Bertz CT molecular complexity index is 344. The molecule has 74 valence electrons. The van der Waals surface area contributed by atoms with Crippen molar-refractivity contribution in [3.05, 3.63) is 18.2 Å². The molecule has 1 aromatic rings. The summed E-state index contributed by atoms with van der Waals surface area (Å²) in [6, 6.07) is -0.388. The number of aromatic nitrogens is 2. The number of nitrogens with zero attached hydrogens (tertiary/aromatic N) is 1. The minimum Gasteiger partial charge on any atom is -0.349 e. The zero-order valence-electron chi connectivity index (χ0n) is 7.40. The van der Waals surface area contributed by atoms with Crippen molar-refractivity contribution in [2.45, 2.75) is 12.5 Å². The summed E-state index contributed by atoms with van der Waals surface area (Å²) < 4.78 is 21.7. The molecule has 3 N–H and O–H groups in total. The van der Waals surface area contributed by atoms with E-state index in [0.717, 1.165) is 5.82 Å². The first-order valence-corrected chi connectivity index (χ1v) is 5.95. The molecule has 1 atom stereocenters. The zero-order chi connectivity index (χ0) is 9.90. The number of rotatable bonds is 4. The molecule has 1 rings (SSSR count). The van der Waals surface area contributed by atoms with Crippen molar-refractivity contribution in [3.8, 4) is 0 Å². The van der Waals surface area contributed by atoms with Crippen molar-refractivity contribution in [1.29, 1.82) is 0 Å². The number of hydrogen-bond donors (Lipinski definition) is 2. The van der Waals surface area contributed by atoms with Crippen LogP contribution in [0.3, 0.4) is 0 Å². The maximum atomic E-state index is 10.9. The van der Waals surface area contributed by atoms with Crippen LogP contribution in [-0.2, 0) is 16.3 Å². The molecular weight excluding hydrogens is 190 g/mol. The molecular formula is C7H13N3O2S. The molecule has 0 saturated heterocycles. The van der Waals surface area contributed by atoms with Gasteiger partial charge in [-0.15, -0.1) is 0 Å². The van der Waals surface area contributed by atoms with Gasteiger partial charge in [-0.25, -0.2) is 13.4 Å². The lowest BCUT2D eigenvalue weighted by atomic mass is 10.2. The van der Waals surface area contributed by atoms with Gasteiger partial charge in [0.15, 0.2) is 0 Å². The van der Waals surface area contributed by atoms with Gasteiger partial charge in [0.25, 0.3) is 0 Å². The lowest BCUT2D eigenvalue weighted by molar-refractivity contribution is 0.590. The Kier molecular flexibility index (Phi) is 3.05. The van der Waals surface area contributed by atoms with Crippen molar-refractivity contribution < 1.29 is 8.42 Å². The van der Waals surface area contributed by atoms with Gasteiger partial charge in [-0.05, 0) is 0 Å². The van der Waals surface area contributed by atoms with E-state index in [-0.39, 0.29) is 11.8 Å².